The average molecular weight is 328 g/mol. The number of aryl methyl sites for hydroxylation is 2. The van der Waals surface area contributed by atoms with Crippen LogP contribution in [-0.2, 0) is 6.54 Å². The van der Waals surface area contributed by atoms with E-state index >= 15 is 0 Å². The fraction of sp³-hybridized carbons (Fsp3) is 0.286. The Morgan fingerprint density at radius 2 is 2.00 bits per heavy atom. The van der Waals surface area contributed by atoms with Crippen LogP contribution in [0, 0.1) is 32.1 Å². The van der Waals surface area contributed by atoms with E-state index in [1.54, 1.807) is 20.8 Å². The first kappa shape index (κ1) is 15.1. The molecule has 116 valence electrons. The molecule has 0 spiro atoms. The van der Waals surface area contributed by atoms with Crippen molar-refractivity contribution in [2.45, 2.75) is 27.3 Å². The molecule has 0 amide bonds. The Bertz CT molecular complexity index is 1090. The summed E-state index contributed by atoms with van der Waals surface area (Å²) in [5, 5.41) is 18.1. The molecule has 0 bridgehead atoms. The second-order valence-corrected chi connectivity index (χ2v) is 6.22. The van der Waals surface area contributed by atoms with Crippen molar-refractivity contribution in [2.24, 2.45) is 0 Å². The third-order valence-electron chi connectivity index (χ3n) is 3.46. The summed E-state index contributed by atoms with van der Waals surface area (Å²) in [4.78, 5) is 29.1. The Balaban J connectivity index is 2.13. The van der Waals surface area contributed by atoms with Gasteiger partial charge in [0.1, 0.15) is 16.6 Å². The van der Waals surface area contributed by atoms with Crippen LogP contribution in [-0.4, -0.2) is 24.4 Å². The minimum absolute atomic E-state index is 0.0251. The Morgan fingerprint density at radius 1 is 1.26 bits per heavy atom. The van der Waals surface area contributed by atoms with Crippen molar-refractivity contribution in [1.82, 2.24) is 24.4 Å². The molecule has 0 saturated carbocycles. The van der Waals surface area contributed by atoms with Gasteiger partial charge in [-0.25, -0.2) is 9.67 Å². The summed E-state index contributed by atoms with van der Waals surface area (Å²) in [5.74, 6) is 0. The van der Waals surface area contributed by atoms with Crippen LogP contribution in [0.2, 0.25) is 0 Å². The summed E-state index contributed by atoms with van der Waals surface area (Å²) in [7, 11) is 0. The highest BCUT2D eigenvalue weighted by atomic mass is 32.1. The molecule has 0 fully saturated rings. The monoisotopic (exact) mass is 328 g/mol. The molecular weight excluding hydrogens is 316 g/mol. The van der Waals surface area contributed by atoms with Crippen molar-refractivity contribution in [3.63, 3.8) is 0 Å². The summed E-state index contributed by atoms with van der Waals surface area (Å²) in [6.07, 6.45) is 0. The lowest BCUT2D eigenvalue weighted by Gasteiger charge is -2.08. The minimum atomic E-state index is -0.488. The predicted octanol–water partition coefficient (Wildman–Crippen LogP) is 0.553. The zero-order valence-corrected chi connectivity index (χ0v) is 13.5. The summed E-state index contributed by atoms with van der Waals surface area (Å²) >= 11 is 1.29. The average Bonchev–Trinajstić information content (AvgIpc) is 2.86. The molecule has 3 aromatic rings. The van der Waals surface area contributed by atoms with Crippen molar-refractivity contribution in [3.8, 4) is 6.07 Å². The van der Waals surface area contributed by atoms with Gasteiger partial charge in [-0.3, -0.25) is 9.59 Å². The van der Waals surface area contributed by atoms with Crippen molar-refractivity contribution >= 4 is 16.3 Å². The van der Waals surface area contributed by atoms with Gasteiger partial charge in [-0.2, -0.15) is 20.0 Å². The van der Waals surface area contributed by atoms with Gasteiger partial charge >= 0.3 is 0 Å². The highest BCUT2D eigenvalue weighted by molar-refractivity contribution is 7.16. The maximum Gasteiger partial charge on any atom is 0.285 e. The second-order valence-electron chi connectivity index (χ2n) is 5.06. The Labute approximate surface area is 134 Å². The molecule has 0 aromatic carbocycles. The molecule has 9 heteroatoms. The maximum absolute atomic E-state index is 12.3. The topological polar surface area (TPSA) is 106 Å². The fourth-order valence-electron chi connectivity index (χ4n) is 2.20. The van der Waals surface area contributed by atoms with Gasteiger partial charge in [-0.15, -0.1) is 0 Å². The van der Waals surface area contributed by atoms with Gasteiger partial charge in [0.2, 0.25) is 4.96 Å². The van der Waals surface area contributed by atoms with E-state index in [9.17, 15) is 9.59 Å². The lowest BCUT2D eigenvalue weighted by molar-refractivity contribution is 0.611. The normalized spacial score (nSPS) is 10.9. The first-order valence-electron chi connectivity index (χ1n) is 6.75. The standard InChI is InChI=1S/C14H12N6O2S/c1-7-8(2)17-19(13(22)11(7)5-15)6-10-4-12(21)20-14(16-10)23-9(3)18-20/h4H,6H2,1-3H3. The van der Waals surface area contributed by atoms with Crippen LogP contribution in [0.15, 0.2) is 15.7 Å². The van der Waals surface area contributed by atoms with E-state index < -0.39 is 5.56 Å². The van der Waals surface area contributed by atoms with Crippen molar-refractivity contribution < 1.29 is 0 Å². The molecule has 0 radical (unpaired) electrons. The minimum Gasteiger partial charge on any atom is -0.267 e. The number of hydrogen-bond donors (Lipinski definition) is 0. The third-order valence-corrected chi connectivity index (χ3v) is 4.28. The Morgan fingerprint density at radius 3 is 2.70 bits per heavy atom. The van der Waals surface area contributed by atoms with Gasteiger partial charge in [0.25, 0.3) is 11.1 Å². The molecule has 0 N–H and O–H groups in total. The van der Waals surface area contributed by atoms with Crippen LogP contribution in [0.5, 0.6) is 0 Å². The van der Waals surface area contributed by atoms with E-state index in [-0.39, 0.29) is 17.7 Å². The number of rotatable bonds is 2. The highest BCUT2D eigenvalue weighted by Crippen LogP contribution is 2.10. The molecule has 0 aliphatic carbocycles. The first-order valence-corrected chi connectivity index (χ1v) is 7.57. The summed E-state index contributed by atoms with van der Waals surface area (Å²) in [6, 6.07) is 3.23. The van der Waals surface area contributed by atoms with Crippen LogP contribution in [0.1, 0.15) is 27.5 Å². The summed E-state index contributed by atoms with van der Waals surface area (Å²) < 4.78 is 2.38. The van der Waals surface area contributed by atoms with E-state index in [0.29, 0.717) is 21.9 Å². The number of fused-ring (bicyclic) bond motifs is 1. The van der Waals surface area contributed by atoms with Crippen molar-refractivity contribution in [2.75, 3.05) is 0 Å². The molecule has 3 rings (SSSR count). The van der Waals surface area contributed by atoms with E-state index in [2.05, 4.69) is 15.2 Å². The molecule has 0 saturated heterocycles. The SMILES string of the molecule is Cc1nn2c(=O)cc(Cn3nc(C)c(C)c(C#N)c3=O)nc2s1. The lowest BCUT2D eigenvalue weighted by atomic mass is 10.1. The molecule has 0 unspecified atom stereocenters. The third kappa shape index (κ3) is 2.53. The maximum atomic E-state index is 12.3. The Kier molecular flexibility index (Phi) is 3.54. The van der Waals surface area contributed by atoms with Crippen LogP contribution in [0.3, 0.4) is 0 Å². The zero-order valence-electron chi connectivity index (χ0n) is 12.7. The quantitative estimate of drug-likeness (QED) is 0.680. The van der Waals surface area contributed by atoms with Gasteiger partial charge < -0.3 is 0 Å². The van der Waals surface area contributed by atoms with Crippen LogP contribution >= 0.6 is 11.3 Å². The smallest absolute Gasteiger partial charge is 0.267 e. The molecule has 8 nitrogen and oxygen atoms in total. The second kappa shape index (κ2) is 5.40. The molecular formula is C14H12N6O2S. The molecule has 0 aliphatic heterocycles. The summed E-state index contributed by atoms with van der Waals surface area (Å²) in [5.41, 5.74) is 0.817. The highest BCUT2D eigenvalue weighted by Gasteiger charge is 2.13. The number of hydrogen-bond acceptors (Lipinski definition) is 7. The van der Waals surface area contributed by atoms with Crippen molar-refractivity contribution in [3.05, 3.63) is 54.3 Å². The molecule has 23 heavy (non-hydrogen) atoms. The van der Waals surface area contributed by atoms with E-state index in [0.717, 1.165) is 9.69 Å². The van der Waals surface area contributed by atoms with Gasteiger partial charge in [-0.1, -0.05) is 11.3 Å². The van der Waals surface area contributed by atoms with E-state index in [1.165, 1.54) is 21.9 Å². The van der Waals surface area contributed by atoms with Gasteiger partial charge in [0.15, 0.2) is 0 Å². The number of nitrogens with zero attached hydrogens (tertiary/aromatic N) is 6. The fourth-order valence-corrected chi connectivity index (χ4v) is 2.96. The first-order chi connectivity index (χ1) is 10.9. The zero-order chi connectivity index (χ0) is 16.7. The van der Waals surface area contributed by atoms with E-state index in [1.807, 2.05) is 6.07 Å². The summed E-state index contributed by atoms with van der Waals surface area (Å²) in [6.45, 7) is 5.22. The molecule has 0 aliphatic rings. The van der Waals surface area contributed by atoms with Crippen LogP contribution in [0.4, 0.5) is 0 Å². The van der Waals surface area contributed by atoms with Gasteiger partial charge in [0.05, 0.1) is 17.9 Å². The van der Waals surface area contributed by atoms with Gasteiger partial charge in [-0.05, 0) is 26.3 Å². The molecule has 3 aromatic heterocycles. The van der Waals surface area contributed by atoms with Crippen LogP contribution in [0.25, 0.3) is 4.96 Å². The molecule has 3 heterocycles. The van der Waals surface area contributed by atoms with E-state index in [4.69, 9.17) is 5.26 Å². The van der Waals surface area contributed by atoms with Crippen molar-refractivity contribution in [1.29, 1.82) is 5.26 Å². The van der Waals surface area contributed by atoms with Gasteiger partial charge in [0, 0.05) is 6.07 Å². The number of aromatic nitrogens is 5. The molecule has 0 atom stereocenters. The lowest BCUT2D eigenvalue weighted by Crippen LogP contribution is -2.29. The number of nitriles is 1. The largest absolute Gasteiger partial charge is 0.285 e. The predicted molar refractivity (Wildman–Crippen MR) is 83.7 cm³/mol. The Hall–Kier alpha value is -2.86. The van der Waals surface area contributed by atoms with Crippen LogP contribution < -0.4 is 11.1 Å².